The molecule has 0 bridgehead atoms. The summed E-state index contributed by atoms with van der Waals surface area (Å²) in [5, 5.41) is 11.5. The molecule has 21 heavy (non-hydrogen) atoms. The highest BCUT2D eigenvalue weighted by atomic mass is 16.5. The van der Waals surface area contributed by atoms with Crippen LogP contribution in [0.2, 0.25) is 0 Å². The van der Waals surface area contributed by atoms with Crippen LogP contribution in [0.5, 0.6) is 5.75 Å². The molecule has 1 aromatic carbocycles. The fraction of sp³-hybridized carbons (Fsp3) is 0.133. The van der Waals surface area contributed by atoms with Gasteiger partial charge in [-0.3, -0.25) is 4.79 Å². The third-order valence-corrected chi connectivity index (χ3v) is 2.62. The number of nitrogens with zero attached hydrogens (tertiary/aromatic N) is 1. The number of ether oxygens (including phenoxy) is 1. The molecule has 0 aliphatic rings. The van der Waals surface area contributed by atoms with Crippen molar-refractivity contribution in [2.45, 2.75) is 6.92 Å². The Morgan fingerprint density at radius 3 is 2.43 bits per heavy atom. The van der Waals surface area contributed by atoms with Gasteiger partial charge in [0, 0.05) is 5.69 Å². The van der Waals surface area contributed by atoms with Crippen molar-refractivity contribution in [2.24, 2.45) is 0 Å². The van der Waals surface area contributed by atoms with Crippen LogP contribution >= 0.6 is 0 Å². The maximum Gasteiger partial charge on any atom is 0.354 e. The van der Waals surface area contributed by atoms with Gasteiger partial charge < -0.3 is 15.2 Å². The lowest BCUT2D eigenvalue weighted by molar-refractivity contribution is 0.0690. The molecule has 0 radical (unpaired) electrons. The number of anilines is 1. The van der Waals surface area contributed by atoms with Crippen LogP contribution in [0.25, 0.3) is 0 Å². The Hall–Kier alpha value is -2.89. The highest BCUT2D eigenvalue weighted by Crippen LogP contribution is 2.16. The standard InChI is InChI=1S/C15H14N2O4/c1-2-21-11-8-6-10(7-9-11)16-14(18)12-4-3-5-13(17-12)15(19)20/h3-9H,2H2,1H3,(H,16,18)(H,19,20). The minimum absolute atomic E-state index is 0.0452. The molecule has 0 fully saturated rings. The maximum atomic E-state index is 12.0. The first kappa shape index (κ1) is 14.5. The van der Waals surface area contributed by atoms with Gasteiger partial charge in [0.15, 0.2) is 0 Å². The molecule has 0 atom stereocenters. The van der Waals surface area contributed by atoms with E-state index in [0.29, 0.717) is 18.0 Å². The normalized spacial score (nSPS) is 9.95. The van der Waals surface area contributed by atoms with Crippen LogP contribution < -0.4 is 10.1 Å². The van der Waals surface area contributed by atoms with E-state index in [1.165, 1.54) is 18.2 Å². The summed E-state index contributed by atoms with van der Waals surface area (Å²) in [5.41, 5.74) is 0.448. The van der Waals surface area contributed by atoms with Crippen molar-refractivity contribution in [3.63, 3.8) is 0 Å². The van der Waals surface area contributed by atoms with Crippen LogP contribution in [0.15, 0.2) is 42.5 Å². The number of amides is 1. The van der Waals surface area contributed by atoms with E-state index in [1.807, 2.05) is 6.92 Å². The molecular weight excluding hydrogens is 272 g/mol. The first-order valence-corrected chi connectivity index (χ1v) is 6.34. The smallest absolute Gasteiger partial charge is 0.354 e. The third-order valence-electron chi connectivity index (χ3n) is 2.62. The molecule has 108 valence electrons. The van der Waals surface area contributed by atoms with Gasteiger partial charge in [0.1, 0.15) is 17.1 Å². The van der Waals surface area contributed by atoms with Crippen LogP contribution in [0, 0.1) is 0 Å². The summed E-state index contributed by atoms with van der Waals surface area (Å²) in [6, 6.07) is 11.1. The van der Waals surface area contributed by atoms with Gasteiger partial charge in [-0.25, -0.2) is 9.78 Å². The van der Waals surface area contributed by atoms with E-state index in [-0.39, 0.29) is 11.4 Å². The molecule has 0 spiro atoms. The molecule has 1 amide bonds. The van der Waals surface area contributed by atoms with Crippen molar-refractivity contribution >= 4 is 17.6 Å². The van der Waals surface area contributed by atoms with Crippen LogP contribution in [0.1, 0.15) is 27.9 Å². The average molecular weight is 286 g/mol. The Labute approximate surface area is 121 Å². The van der Waals surface area contributed by atoms with Gasteiger partial charge in [0.05, 0.1) is 6.61 Å². The van der Waals surface area contributed by atoms with Gasteiger partial charge in [-0.15, -0.1) is 0 Å². The Bertz CT molecular complexity index is 653. The Kier molecular flexibility index (Phi) is 4.50. The number of hydrogen-bond donors (Lipinski definition) is 2. The lowest BCUT2D eigenvalue weighted by Gasteiger charge is -2.07. The molecular formula is C15H14N2O4. The predicted molar refractivity (Wildman–Crippen MR) is 76.8 cm³/mol. The van der Waals surface area contributed by atoms with Crippen LogP contribution in [0.3, 0.4) is 0 Å². The van der Waals surface area contributed by atoms with E-state index in [9.17, 15) is 9.59 Å². The van der Waals surface area contributed by atoms with Gasteiger partial charge >= 0.3 is 5.97 Å². The molecule has 0 aliphatic carbocycles. The van der Waals surface area contributed by atoms with E-state index >= 15 is 0 Å². The molecule has 2 aromatic rings. The first-order chi connectivity index (χ1) is 10.1. The van der Waals surface area contributed by atoms with Gasteiger partial charge in [-0.2, -0.15) is 0 Å². The van der Waals surface area contributed by atoms with Crippen molar-refractivity contribution < 1.29 is 19.4 Å². The number of carbonyl (C=O) groups excluding carboxylic acids is 1. The number of aromatic nitrogens is 1. The fourth-order valence-corrected chi connectivity index (χ4v) is 1.68. The second-order valence-electron chi connectivity index (χ2n) is 4.12. The van der Waals surface area contributed by atoms with E-state index in [0.717, 1.165) is 0 Å². The minimum atomic E-state index is -1.18. The maximum absolute atomic E-state index is 12.0. The van der Waals surface area contributed by atoms with Crippen molar-refractivity contribution in [3.8, 4) is 5.75 Å². The van der Waals surface area contributed by atoms with Gasteiger partial charge in [-0.05, 0) is 43.3 Å². The summed E-state index contributed by atoms with van der Waals surface area (Å²) in [5.74, 6) is -0.936. The van der Waals surface area contributed by atoms with E-state index < -0.39 is 11.9 Å². The van der Waals surface area contributed by atoms with E-state index in [4.69, 9.17) is 9.84 Å². The number of pyridine rings is 1. The molecule has 0 saturated carbocycles. The molecule has 2 rings (SSSR count). The summed E-state index contributed by atoms with van der Waals surface area (Å²) < 4.78 is 5.30. The SMILES string of the molecule is CCOc1ccc(NC(=O)c2cccc(C(=O)O)n2)cc1. The number of carbonyl (C=O) groups is 2. The van der Waals surface area contributed by atoms with Crippen LogP contribution in [0.4, 0.5) is 5.69 Å². The summed E-state index contributed by atoms with van der Waals surface area (Å²) in [6.07, 6.45) is 0. The minimum Gasteiger partial charge on any atom is -0.494 e. The van der Waals surface area contributed by atoms with E-state index in [1.54, 1.807) is 24.3 Å². The number of aromatic carboxylic acids is 1. The zero-order valence-electron chi connectivity index (χ0n) is 11.4. The van der Waals surface area contributed by atoms with Crippen molar-refractivity contribution in [1.29, 1.82) is 0 Å². The Morgan fingerprint density at radius 1 is 1.14 bits per heavy atom. The molecule has 1 heterocycles. The van der Waals surface area contributed by atoms with Gasteiger partial charge in [0.25, 0.3) is 5.91 Å². The Balaban J connectivity index is 2.10. The van der Waals surface area contributed by atoms with Crippen LogP contribution in [-0.4, -0.2) is 28.6 Å². The topological polar surface area (TPSA) is 88.5 Å². The number of nitrogens with one attached hydrogen (secondary N) is 1. The fourth-order valence-electron chi connectivity index (χ4n) is 1.68. The van der Waals surface area contributed by atoms with Gasteiger partial charge in [-0.1, -0.05) is 6.07 Å². The largest absolute Gasteiger partial charge is 0.494 e. The summed E-state index contributed by atoms with van der Waals surface area (Å²) in [6.45, 7) is 2.45. The first-order valence-electron chi connectivity index (χ1n) is 6.34. The predicted octanol–water partition coefficient (Wildman–Crippen LogP) is 2.43. The molecule has 0 saturated heterocycles. The van der Waals surface area contributed by atoms with Crippen LogP contribution in [-0.2, 0) is 0 Å². The third kappa shape index (κ3) is 3.79. The number of carboxylic acids is 1. The monoisotopic (exact) mass is 286 g/mol. The number of benzene rings is 1. The quantitative estimate of drug-likeness (QED) is 0.881. The van der Waals surface area contributed by atoms with Gasteiger partial charge in [0.2, 0.25) is 0 Å². The summed E-state index contributed by atoms with van der Waals surface area (Å²) in [4.78, 5) is 26.6. The highest BCUT2D eigenvalue weighted by molar-refractivity contribution is 6.03. The lowest BCUT2D eigenvalue weighted by atomic mass is 10.2. The van der Waals surface area contributed by atoms with E-state index in [2.05, 4.69) is 10.3 Å². The molecule has 6 nitrogen and oxygen atoms in total. The van der Waals surface area contributed by atoms with Crippen molar-refractivity contribution in [1.82, 2.24) is 4.98 Å². The number of rotatable bonds is 5. The Morgan fingerprint density at radius 2 is 1.81 bits per heavy atom. The second-order valence-corrected chi connectivity index (χ2v) is 4.12. The second kappa shape index (κ2) is 6.51. The zero-order chi connectivity index (χ0) is 15.2. The molecule has 1 aromatic heterocycles. The average Bonchev–Trinajstić information content (AvgIpc) is 2.49. The lowest BCUT2D eigenvalue weighted by Crippen LogP contribution is -2.15. The zero-order valence-corrected chi connectivity index (χ0v) is 11.4. The molecule has 0 aliphatic heterocycles. The summed E-state index contributed by atoms with van der Waals surface area (Å²) in [7, 11) is 0. The molecule has 2 N–H and O–H groups in total. The summed E-state index contributed by atoms with van der Waals surface area (Å²) >= 11 is 0. The highest BCUT2D eigenvalue weighted by Gasteiger charge is 2.11. The number of hydrogen-bond acceptors (Lipinski definition) is 4. The van der Waals surface area contributed by atoms with Crippen molar-refractivity contribution in [2.75, 3.05) is 11.9 Å². The molecule has 6 heteroatoms. The molecule has 0 unspecified atom stereocenters. The van der Waals surface area contributed by atoms with Crippen molar-refractivity contribution in [3.05, 3.63) is 53.9 Å². The number of carboxylic acid groups (broad SMARTS) is 1.